The second-order valence-corrected chi connectivity index (χ2v) is 5.31. The van der Waals surface area contributed by atoms with Crippen molar-refractivity contribution >= 4 is 21.6 Å². The van der Waals surface area contributed by atoms with E-state index < -0.39 is 4.92 Å². The molecular weight excluding hydrogens is 300 g/mol. The van der Waals surface area contributed by atoms with E-state index in [9.17, 15) is 15.2 Å². The predicted octanol–water partition coefficient (Wildman–Crippen LogP) is 2.61. The summed E-state index contributed by atoms with van der Waals surface area (Å²) < 4.78 is 0.695. The van der Waals surface area contributed by atoms with E-state index in [1.54, 1.807) is 6.07 Å². The molecule has 0 radical (unpaired) electrons. The van der Waals surface area contributed by atoms with Gasteiger partial charge in [0.05, 0.1) is 11.5 Å². The predicted molar refractivity (Wildman–Crippen MR) is 73.4 cm³/mol. The molecule has 1 aromatic carbocycles. The Morgan fingerprint density at radius 2 is 2.22 bits per heavy atom. The Bertz CT molecular complexity index is 433. The molecule has 0 saturated heterocycles. The van der Waals surface area contributed by atoms with Crippen molar-refractivity contribution in [2.24, 2.45) is 0 Å². The van der Waals surface area contributed by atoms with E-state index in [1.165, 1.54) is 12.1 Å². The van der Waals surface area contributed by atoms with Crippen LogP contribution in [0.4, 0.5) is 5.69 Å². The topological polar surface area (TPSA) is 75.4 Å². The van der Waals surface area contributed by atoms with Crippen molar-refractivity contribution in [1.82, 2.24) is 5.32 Å². The maximum Gasteiger partial charge on any atom is 0.270 e. The van der Waals surface area contributed by atoms with Gasteiger partial charge in [-0.2, -0.15) is 0 Å². The first-order chi connectivity index (χ1) is 8.41. The van der Waals surface area contributed by atoms with E-state index in [0.29, 0.717) is 11.0 Å². The van der Waals surface area contributed by atoms with Crippen molar-refractivity contribution in [2.75, 3.05) is 6.61 Å². The average molecular weight is 317 g/mol. The Kier molecular flexibility index (Phi) is 5.25. The third-order valence-electron chi connectivity index (χ3n) is 3.08. The lowest BCUT2D eigenvalue weighted by Gasteiger charge is -2.27. The van der Waals surface area contributed by atoms with Crippen LogP contribution in [0.25, 0.3) is 0 Å². The summed E-state index contributed by atoms with van der Waals surface area (Å²) in [4.78, 5) is 10.2. The SMILES string of the molecule is CCC(C)(CO)NCc1ccc([N+](=O)[O-])cc1Br. The number of nitrogens with one attached hydrogen (secondary N) is 1. The van der Waals surface area contributed by atoms with Gasteiger partial charge in [-0.1, -0.05) is 22.9 Å². The van der Waals surface area contributed by atoms with E-state index in [4.69, 9.17) is 0 Å². The van der Waals surface area contributed by atoms with Gasteiger partial charge in [0.15, 0.2) is 0 Å². The summed E-state index contributed by atoms with van der Waals surface area (Å²) in [6.45, 7) is 4.53. The minimum Gasteiger partial charge on any atom is -0.394 e. The molecule has 1 atom stereocenters. The van der Waals surface area contributed by atoms with Crippen molar-refractivity contribution in [1.29, 1.82) is 0 Å². The number of rotatable bonds is 6. The monoisotopic (exact) mass is 316 g/mol. The maximum absolute atomic E-state index is 10.6. The van der Waals surface area contributed by atoms with Gasteiger partial charge in [0.2, 0.25) is 0 Å². The summed E-state index contributed by atoms with van der Waals surface area (Å²) in [6, 6.07) is 4.67. The molecule has 5 nitrogen and oxygen atoms in total. The Labute approximate surface area is 114 Å². The van der Waals surface area contributed by atoms with E-state index >= 15 is 0 Å². The molecule has 0 heterocycles. The van der Waals surface area contributed by atoms with Crippen LogP contribution in [0.3, 0.4) is 0 Å². The summed E-state index contributed by atoms with van der Waals surface area (Å²) >= 11 is 3.32. The summed E-state index contributed by atoms with van der Waals surface area (Å²) in [5, 5.41) is 23.1. The molecular formula is C12H17BrN2O3. The van der Waals surface area contributed by atoms with Gasteiger partial charge in [-0.15, -0.1) is 0 Å². The molecule has 2 N–H and O–H groups in total. The minimum absolute atomic E-state index is 0.0497. The number of non-ortho nitro benzene ring substituents is 1. The van der Waals surface area contributed by atoms with Gasteiger partial charge >= 0.3 is 0 Å². The average Bonchev–Trinajstić information content (AvgIpc) is 2.36. The molecule has 1 unspecified atom stereocenters. The molecule has 100 valence electrons. The fourth-order valence-corrected chi connectivity index (χ4v) is 1.90. The molecule has 1 rings (SSSR count). The molecule has 0 amide bonds. The molecule has 18 heavy (non-hydrogen) atoms. The van der Waals surface area contributed by atoms with Crippen LogP contribution < -0.4 is 5.32 Å². The summed E-state index contributed by atoms with van der Waals surface area (Å²) in [7, 11) is 0. The van der Waals surface area contributed by atoms with Crippen LogP contribution in [0, 0.1) is 10.1 Å². The number of nitro groups is 1. The lowest BCUT2D eigenvalue weighted by molar-refractivity contribution is -0.384. The quantitative estimate of drug-likeness (QED) is 0.625. The van der Waals surface area contributed by atoms with Crippen molar-refractivity contribution in [3.05, 3.63) is 38.3 Å². The molecule has 0 fully saturated rings. The largest absolute Gasteiger partial charge is 0.394 e. The molecule has 0 spiro atoms. The number of halogens is 1. The number of nitro benzene ring substituents is 1. The third kappa shape index (κ3) is 3.76. The van der Waals surface area contributed by atoms with Gasteiger partial charge in [0, 0.05) is 28.7 Å². The standard InChI is InChI=1S/C12H17BrN2O3/c1-3-12(2,8-16)14-7-9-4-5-10(15(17)18)6-11(9)13/h4-6,14,16H,3,7-8H2,1-2H3. The maximum atomic E-state index is 10.6. The van der Waals surface area contributed by atoms with Crippen LogP contribution in [0.15, 0.2) is 22.7 Å². The smallest absolute Gasteiger partial charge is 0.270 e. The molecule has 0 saturated carbocycles. The highest BCUT2D eigenvalue weighted by atomic mass is 79.9. The highest BCUT2D eigenvalue weighted by molar-refractivity contribution is 9.10. The first-order valence-electron chi connectivity index (χ1n) is 5.70. The zero-order valence-electron chi connectivity index (χ0n) is 10.4. The molecule has 0 aliphatic rings. The summed E-state index contributed by atoms with van der Waals surface area (Å²) in [6.07, 6.45) is 0.800. The number of aliphatic hydroxyl groups excluding tert-OH is 1. The molecule has 1 aromatic rings. The molecule has 0 aromatic heterocycles. The molecule has 6 heteroatoms. The van der Waals surface area contributed by atoms with Crippen LogP contribution >= 0.6 is 15.9 Å². The number of aliphatic hydroxyl groups is 1. The first kappa shape index (κ1) is 15.1. The van der Waals surface area contributed by atoms with Crippen molar-refractivity contribution < 1.29 is 10.0 Å². The van der Waals surface area contributed by atoms with Gasteiger partial charge in [-0.3, -0.25) is 10.1 Å². The second-order valence-electron chi connectivity index (χ2n) is 4.46. The van der Waals surface area contributed by atoms with Crippen molar-refractivity contribution in [3.8, 4) is 0 Å². The van der Waals surface area contributed by atoms with Crippen LogP contribution in [-0.2, 0) is 6.54 Å². The Balaban J connectivity index is 2.77. The molecule has 0 aliphatic heterocycles. The lowest BCUT2D eigenvalue weighted by Crippen LogP contribution is -2.44. The molecule has 0 aliphatic carbocycles. The van der Waals surface area contributed by atoms with Crippen LogP contribution in [0.1, 0.15) is 25.8 Å². The van der Waals surface area contributed by atoms with Crippen LogP contribution in [0.2, 0.25) is 0 Å². The third-order valence-corrected chi connectivity index (χ3v) is 3.82. The fraction of sp³-hybridized carbons (Fsp3) is 0.500. The van der Waals surface area contributed by atoms with Gasteiger partial charge in [-0.05, 0) is 25.0 Å². The Morgan fingerprint density at radius 1 is 1.56 bits per heavy atom. The lowest BCUT2D eigenvalue weighted by atomic mass is 10.00. The number of hydrogen-bond acceptors (Lipinski definition) is 4. The number of nitrogens with zero attached hydrogens (tertiary/aromatic N) is 1. The first-order valence-corrected chi connectivity index (χ1v) is 6.50. The zero-order valence-corrected chi connectivity index (χ0v) is 12.0. The zero-order chi connectivity index (χ0) is 13.8. The molecule has 0 bridgehead atoms. The Morgan fingerprint density at radius 3 is 2.67 bits per heavy atom. The van der Waals surface area contributed by atoms with Crippen LogP contribution in [-0.4, -0.2) is 22.2 Å². The van der Waals surface area contributed by atoms with Crippen molar-refractivity contribution in [3.63, 3.8) is 0 Å². The van der Waals surface area contributed by atoms with Crippen LogP contribution in [0.5, 0.6) is 0 Å². The summed E-state index contributed by atoms with van der Waals surface area (Å²) in [5.41, 5.74) is 0.654. The van der Waals surface area contributed by atoms with Gasteiger partial charge in [0.25, 0.3) is 5.69 Å². The van der Waals surface area contributed by atoms with E-state index in [0.717, 1.165) is 12.0 Å². The normalized spacial score (nSPS) is 14.2. The highest BCUT2D eigenvalue weighted by Gasteiger charge is 2.20. The van der Waals surface area contributed by atoms with E-state index in [1.807, 2.05) is 13.8 Å². The van der Waals surface area contributed by atoms with E-state index in [-0.39, 0.29) is 17.8 Å². The summed E-state index contributed by atoms with van der Waals surface area (Å²) in [5.74, 6) is 0. The number of hydrogen-bond donors (Lipinski definition) is 2. The second kappa shape index (κ2) is 6.26. The van der Waals surface area contributed by atoms with Gasteiger partial charge in [0.1, 0.15) is 0 Å². The Hall–Kier alpha value is -0.980. The number of benzene rings is 1. The van der Waals surface area contributed by atoms with Gasteiger partial charge < -0.3 is 10.4 Å². The van der Waals surface area contributed by atoms with Gasteiger partial charge in [-0.25, -0.2) is 0 Å². The fourth-order valence-electron chi connectivity index (χ4n) is 1.39. The van der Waals surface area contributed by atoms with Crippen molar-refractivity contribution in [2.45, 2.75) is 32.4 Å². The highest BCUT2D eigenvalue weighted by Crippen LogP contribution is 2.23. The van der Waals surface area contributed by atoms with E-state index in [2.05, 4.69) is 21.2 Å². The minimum atomic E-state index is -0.425.